The number of nitrogens with two attached hydrogens (primary N) is 1. The molecule has 1 saturated heterocycles. The van der Waals surface area contributed by atoms with Gasteiger partial charge in [0, 0.05) is 6.54 Å². The van der Waals surface area contributed by atoms with Gasteiger partial charge in [-0.2, -0.15) is 4.98 Å². The van der Waals surface area contributed by atoms with Crippen molar-refractivity contribution in [2.24, 2.45) is 5.73 Å². The standard InChI is InChI=1S/C10H16N4O2/c1-2-3-10(4-5-12-6-10)9-13-8(7(11)15)14-16-9/h12H,2-6H2,1H3,(H2,11,15). The van der Waals surface area contributed by atoms with Gasteiger partial charge in [0.1, 0.15) is 0 Å². The van der Waals surface area contributed by atoms with E-state index in [1.807, 2.05) is 0 Å². The number of amides is 1. The minimum atomic E-state index is -0.646. The lowest BCUT2D eigenvalue weighted by molar-refractivity contribution is 0.0987. The van der Waals surface area contributed by atoms with Gasteiger partial charge >= 0.3 is 0 Å². The van der Waals surface area contributed by atoms with Crippen LogP contribution in [0.15, 0.2) is 4.52 Å². The lowest BCUT2D eigenvalue weighted by Gasteiger charge is -2.22. The maximum absolute atomic E-state index is 10.9. The molecule has 0 saturated carbocycles. The number of nitrogens with zero attached hydrogens (tertiary/aromatic N) is 2. The molecule has 1 amide bonds. The van der Waals surface area contributed by atoms with Crippen molar-refractivity contribution in [2.45, 2.75) is 31.6 Å². The average molecular weight is 224 g/mol. The van der Waals surface area contributed by atoms with E-state index in [2.05, 4.69) is 22.4 Å². The van der Waals surface area contributed by atoms with Crippen LogP contribution in [0.1, 0.15) is 42.7 Å². The number of nitrogens with one attached hydrogen (secondary N) is 1. The topological polar surface area (TPSA) is 94.0 Å². The fourth-order valence-electron chi connectivity index (χ4n) is 2.26. The summed E-state index contributed by atoms with van der Waals surface area (Å²) < 4.78 is 5.16. The van der Waals surface area contributed by atoms with E-state index in [1.54, 1.807) is 0 Å². The minimum absolute atomic E-state index is 0.0302. The third-order valence-corrected chi connectivity index (χ3v) is 3.07. The average Bonchev–Trinajstić information content (AvgIpc) is 2.85. The number of carbonyl (C=O) groups is 1. The second kappa shape index (κ2) is 4.21. The molecule has 1 aromatic rings. The Morgan fingerprint density at radius 3 is 3.00 bits per heavy atom. The molecule has 0 aliphatic carbocycles. The molecular weight excluding hydrogens is 208 g/mol. The highest BCUT2D eigenvalue weighted by atomic mass is 16.5. The lowest BCUT2D eigenvalue weighted by atomic mass is 9.82. The fourth-order valence-corrected chi connectivity index (χ4v) is 2.26. The maximum Gasteiger partial charge on any atom is 0.290 e. The molecule has 1 fully saturated rings. The molecule has 0 radical (unpaired) electrons. The fraction of sp³-hybridized carbons (Fsp3) is 0.700. The summed E-state index contributed by atoms with van der Waals surface area (Å²) in [6, 6.07) is 0. The predicted molar refractivity (Wildman–Crippen MR) is 56.9 cm³/mol. The summed E-state index contributed by atoms with van der Waals surface area (Å²) in [4.78, 5) is 15.0. The maximum atomic E-state index is 10.9. The van der Waals surface area contributed by atoms with Gasteiger partial charge in [-0.1, -0.05) is 18.5 Å². The van der Waals surface area contributed by atoms with E-state index in [0.717, 1.165) is 32.4 Å². The lowest BCUT2D eigenvalue weighted by Crippen LogP contribution is -2.29. The number of carbonyl (C=O) groups excluding carboxylic acids is 1. The zero-order chi connectivity index (χ0) is 11.6. The van der Waals surface area contributed by atoms with Crippen molar-refractivity contribution in [3.63, 3.8) is 0 Å². The Morgan fingerprint density at radius 1 is 1.69 bits per heavy atom. The largest absolute Gasteiger partial charge is 0.363 e. The molecule has 3 N–H and O–H groups in total. The quantitative estimate of drug-likeness (QED) is 0.761. The Balaban J connectivity index is 2.28. The van der Waals surface area contributed by atoms with Crippen LogP contribution in [0.2, 0.25) is 0 Å². The van der Waals surface area contributed by atoms with E-state index in [9.17, 15) is 4.79 Å². The molecule has 88 valence electrons. The van der Waals surface area contributed by atoms with Crippen LogP contribution in [0.3, 0.4) is 0 Å². The van der Waals surface area contributed by atoms with E-state index >= 15 is 0 Å². The second-order valence-corrected chi connectivity index (χ2v) is 4.24. The van der Waals surface area contributed by atoms with Gasteiger partial charge < -0.3 is 15.6 Å². The van der Waals surface area contributed by atoms with Crippen LogP contribution in [0.5, 0.6) is 0 Å². The van der Waals surface area contributed by atoms with E-state index in [0.29, 0.717) is 5.89 Å². The van der Waals surface area contributed by atoms with E-state index in [1.165, 1.54) is 0 Å². The van der Waals surface area contributed by atoms with Crippen LogP contribution in [-0.4, -0.2) is 29.1 Å². The number of rotatable bonds is 4. The van der Waals surface area contributed by atoms with Crippen LogP contribution in [0.4, 0.5) is 0 Å². The monoisotopic (exact) mass is 224 g/mol. The van der Waals surface area contributed by atoms with Gasteiger partial charge in [-0.15, -0.1) is 0 Å². The van der Waals surface area contributed by atoms with Gasteiger partial charge in [0.15, 0.2) is 0 Å². The molecule has 0 spiro atoms. The van der Waals surface area contributed by atoms with Gasteiger partial charge in [-0.05, 0) is 19.4 Å². The predicted octanol–water partition coefficient (Wildman–Crippen LogP) is 0.200. The van der Waals surface area contributed by atoms with Gasteiger partial charge in [-0.3, -0.25) is 4.79 Å². The molecule has 6 nitrogen and oxygen atoms in total. The minimum Gasteiger partial charge on any atom is -0.363 e. The zero-order valence-electron chi connectivity index (χ0n) is 9.32. The first-order chi connectivity index (χ1) is 7.68. The molecule has 1 unspecified atom stereocenters. The van der Waals surface area contributed by atoms with Crippen molar-refractivity contribution < 1.29 is 9.32 Å². The number of aromatic nitrogens is 2. The molecule has 1 aliphatic rings. The van der Waals surface area contributed by atoms with E-state index < -0.39 is 5.91 Å². The second-order valence-electron chi connectivity index (χ2n) is 4.24. The summed E-state index contributed by atoms with van der Waals surface area (Å²) in [5.41, 5.74) is 4.99. The smallest absolute Gasteiger partial charge is 0.290 e. The van der Waals surface area contributed by atoms with Gasteiger partial charge in [-0.25, -0.2) is 0 Å². The first kappa shape index (κ1) is 11.1. The summed E-state index contributed by atoms with van der Waals surface area (Å²) in [7, 11) is 0. The highest BCUT2D eigenvalue weighted by Gasteiger charge is 2.40. The third kappa shape index (κ3) is 1.80. The Labute approximate surface area is 93.6 Å². The molecule has 2 heterocycles. The highest BCUT2D eigenvalue weighted by molar-refractivity contribution is 5.88. The van der Waals surface area contributed by atoms with Crippen molar-refractivity contribution >= 4 is 5.91 Å². The van der Waals surface area contributed by atoms with Crippen LogP contribution < -0.4 is 11.1 Å². The first-order valence-electron chi connectivity index (χ1n) is 5.53. The van der Waals surface area contributed by atoms with Crippen molar-refractivity contribution in [3.8, 4) is 0 Å². The van der Waals surface area contributed by atoms with Gasteiger partial charge in [0.25, 0.3) is 11.7 Å². The highest BCUT2D eigenvalue weighted by Crippen LogP contribution is 2.34. The summed E-state index contributed by atoms with van der Waals surface area (Å²) in [6.45, 7) is 3.88. The zero-order valence-corrected chi connectivity index (χ0v) is 9.32. The van der Waals surface area contributed by atoms with E-state index in [-0.39, 0.29) is 11.2 Å². The number of primary amides is 1. The Hall–Kier alpha value is -1.43. The van der Waals surface area contributed by atoms with Crippen molar-refractivity contribution in [3.05, 3.63) is 11.7 Å². The molecule has 1 aliphatic heterocycles. The van der Waals surface area contributed by atoms with Crippen LogP contribution in [0, 0.1) is 0 Å². The number of hydrogen-bond acceptors (Lipinski definition) is 5. The third-order valence-electron chi connectivity index (χ3n) is 3.07. The summed E-state index contributed by atoms with van der Waals surface area (Å²) in [5.74, 6) is -0.141. The van der Waals surface area contributed by atoms with Crippen LogP contribution in [-0.2, 0) is 5.41 Å². The van der Waals surface area contributed by atoms with Crippen LogP contribution in [0.25, 0.3) is 0 Å². The van der Waals surface area contributed by atoms with Crippen molar-refractivity contribution in [2.75, 3.05) is 13.1 Å². The molecule has 16 heavy (non-hydrogen) atoms. The molecule has 1 aromatic heterocycles. The molecule has 0 aromatic carbocycles. The summed E-state index contributed by atoms with van der Waals surface area (Å²) in [6.07, 6.45) is 2.97. The summed E-state index contributed by atoms with van der Waals surface area (Å²) >= 11 is 0. The van der Waals surface area contributed by atoms with Crippen molar-refractivity contribution in [1.82, 2.24) is 15.5 Å². The van der Waals surface area contributed by atoms with Crippen molar-refractivity contribution in [1.29, 1.82) is 0 Å². The number of hydrogen-bond donors (Lipinski definition) is 2. The van der Waals surface area contributed by atoms with Gasteiger partial charge in [0.05, 0.1) is 5.41 Å². The SMILES string of the molecule is CCCC1(c2nc(C(N)=O)no2)CCNC1. The molecule has 1 atom stereocenters. The molecule has 2 rings (SSSR count). The first-order valence-corrected chi connectivity index (χ1v) is 5.53. The van der Waals surface area contributed by atoms with E-state index in [4.69, 9.17) is 10.3 Å². The summed E-state index contributed by atoms with van der Waals surface area (Å²) in [5, 5.41) is 6.89. The molecular formula is C10H16N4O2. The normalized spacial score (nSPS) is 24.8. The molecule has 6 heteroatoms. The van der Waals surface area contributed by atoms with Crippen LogP contribution >= 0.6 is 0 Å². The van der Waals surface area contributed by atoms with Gasteiger partial charge in [0.2, 0.25) is 5.89 Å². The Bertz CT molecular complexity index is 382. The molecule has 0 bridgehead atoms. The Kier molecular flexibility index (Phi) is 2.91. The Morgan fingerprint density at radius 2 is 2.50 bits per heavy atom.